The zero-order valence-electron chi connectivity index (χ0n) is 10.7. The van der Waals surface area contributed by atoms with Crippen molar-refractivity contribution in [3.63, 3.8) is 0 Å². The van der Waals surface area contributed by atoms with E-state index in [1.54, 1.807) is 6.26 Å². The maximum absolute atomic E-state index is 5.44. The zero-order valence-corrected chi connectivity index (χ0v) is 10.7. The second-order valence-electron chi connectivity index (χ2n) is 4.82. The Morgan fingerprint density at radius 3 is 3.00 bits per heavy atom. The summed E-state index contributed by atoms with van der Waals surface area (Å²) in [5.74, 6) is 1.90. The molecular formula is C13H17N3O2. The van der Waals surface area contributed by atoms with Crippen molar-refractivity contribution in [1.29, 1.82) is 0 Å². The number of aryl methyl sites for hydroxylation is 1. The first-order valence-electron chi connectivity index (χ1n) is 6.39. The number of hydrogen-bond donors (Lipinski definition) is 1. The number of hydrogen-bond acceptors (Lipinski definition) is 5. The van der Waals surface area contributed by atoms with Crippen LogP contribution in [0.1, 0.15) is 37.6 Å². The summed E-state index contributed by atoms with van der Waals surface area (Å²) >= 11 is 0. The molecule has 0 radical (unpaired) electrons. The molecule has 5 nitrogen and oxygen atoms in total. The van der Waals surface area contributed by atoms with Crippen LogP contribution in [0.3, 0.4) is 0 Å². The summed E-state index contributed by atoms with van der Waals surface area (Å²) in [6.45, 7) is 5.12. The van der Waals surface area contributed by atoms with E-state index in [2.05, 4.69) is 22.4 Å². The van der Waals surface area contributed by atoms with E-state index in [0.717, 1.165) is 31.4 Å². The minimum atomic E-state index is -0.147. The quantitative estimate of drug-likeness (QED) is 0.903. The normalized spacial score (nSPS) is 23.7. The van der Waals surface area contributed by atoms with Gasteiger partial charge in [0.25, 0.3) is 0 Å². The van der Waals surface area contributed by atoms with Crippen molar-refractivity contribution in [2.45, 2.75) is 38.6 Å². The lowest BCUT2D eigenvalue weighted by Gasteiger charge is -2.22. The molecule has 1 unspecified atom stereocenters. The molecule has 0 spiro atoms. The Morgan fingerprint density at radius 1 is 1.50 bits per heavy atom. The van der Waals surface area contributed by atoms with Crippen LogP contribution in [-0.2, 0) is 5.54 Å². The largest absolute Gasteiger partial charge is 0.461 e. The third kappa shape index (κ3) is 1.66. The molecular weight excluding hydrogens is 230 g/mol. The third-order valence-corrected chi connectivity index (χ3v) is 3.75. The minimum absolute atomic E-state index is 0.147. The average molecular weight is 247 g/mol. The summed E-state index contributed by atoms with van der Waals surface area (Å²) in [7, 11) is 0. The van der Waals surface area contributed by atoms with Gasteiger partial charge in [-0.2, -0.15) is 4.98 Å². The second-order valence-corrected chi connectivity index (χ2v) is 4.82. The van der Waals surface area contributed by atoms with Gasteiger partial charge in [-0.3, -0.25) is 0 Å². The van der Waals surface area contributed by atoms with E-state index in [1.807, 2.05) is 13.0 Å². The van der Waals surface area contributed by atoms with Crippen LogP contribution < -0.4 is 5.32 Å². The van der Waals surface area contributed by atoms with Crippen LogP contribution in [0.4, 0.5) is 0 Å². The monoisotopic (exact) mass is 247 g/mol. The van der Waals surface area contributed by atoms with Gasteiger partial charge in [-0.15, -0.1) is 0 Å². The molecule has 1 atom stereocenters. The molecule has 1 aliphatic heterocycles. The fraction of sp³-hybridized carbons (Fsp3) is 0.538. The highest BCUT2D eigenvalue weighted by molar-refractivity contribution is 5.51. The molecule has 0 aromatic carbocycles. The SMILES string of the molecule is CCC1(c2nc(-c3occc3C)no2)CCCN1. The van der Waals surface area contributed by atoms with Crippen molar-refractivity contribution >= 4 is 0 Å². The third-order valence-electron chi connectivity index (χ3n) is 3.75. The molecule has 96 valence electrons. The molecule has 3 heterocycles. The Morgan fingerprint density at radius 2 is 2.39 bits per heavy atom. The molecule has 3 rings (SSSR count). The van der Waals surface area contributed by atoms with Crippen molar-refractivity contribution in [3.05, 3.63) is 23.8 Å². The standard InChI is InChI=1S/C13H17N3O2/c1-3-13(6-4-7-14-13)12-15-11(16-18-12)10-9(2)5-8-17-10/h5,8,14H,3-4,6-7H2,1-2H3. The average Bonchev–Trinajstić information content (AvgIpc) is 3.08. The molecule has 0 aliphatic carbocycles. The van der Waals surface area contributed by atoms with Crippen LogP contribution >= 0.6 is 0 Å². The summed E-state index contributed by atoms with van der Waals surface area (Å²) in [5, 5.41) is 7.52. The molecule has 1 N–H and O–H groups in total. The summed E-state index contributed by atoms with van der Waals surface area (Å²) in [6.07, 6.45) is 4.78. The zero-order chi connectivity index (χ0) is 12.6. The van der Waals surface area contributed by atoms with Crippen molar-refractivity contribution in [3.8, 4) is 11.6 Å². The number of nitrogens with zero attached hydrogens (tertiary/aromatic N) is 2. The van der Waals surface area contributed by atoms with E-state index >= 15 is 0 Å². The lowest BCUT2D eigenvalue weighted by atomic mass is 9.94. The van der Waals surface area contributed by atoms with Gasteiger partial charge in [-0.05, 0) is 44.4 Å². The van der Waals surface area contributed by atoms with Crippen LogP contribution in [0.25, 0.3) is 11.6 Å². The first-order valence-corrected chi connectivity index (χ1v) is 6.39. The summed E-state index contributed by atoms with van der Waals surface area (Å²) in [4.78, 5) is 4.50. The van der Waals surface area contributed by atoms with Crippen LogP contribution in [0, 0.1) is 6.92 Å². The van der Waals surface area contributed by atoms with E-state index in [-0.39, 0.29) is 5.54 Å². The lowest BCUT2D eigenvalue weighted by molar-refractivity contribution is 0.250. The number of nitrogens with one attached hydrogen (secondary N) is 1. The van der Waals surface area contributed by atoms with Crippen LogP contribution in [-0.4, -0.2) is 16.7 Å². The maximum atomic E-state index is 5.44. The van der Waals surface area contributed by atoms with Gasteiger partial charge in [0.15, 0.2) is 5.76 Å². The Labute approximate surface area is 106 Å². The summed E-state index contributed by atoms with van der Waals surface area (Å²) in [5.41, 5.74) is 0.874. The topological polar surface area (TPSA) is 64.1 Å². The molecule has 1 fully saturated rings. The second kappa shape index (κ2) is 4.24. The van der Waals surface area contributed by atoms with Gasteiger partial charge in [0.1, 0.15) is 0 Å². The van der Waals surface area contributed by atoms with E-state index in [0.29, 0.717) is 17.5 Å². The molecule has 1 aliphatic rings. The van der Waals surface area contributed by atoms with E-state index < -0.39 is 0 Å². The van der Waals surface area contributed by atoms with Gasteiger partial charge in [-0.1, -0.05) is 12.1 Å². The Bertz CT molecular complexity index is 538. The van der Waals surface area contributed by atoms with Crippen molar-refractivity contribution in [2.75, 3.05) is 6.54 Å². The van der Waals surface area contributed by atoms with Gasteiger partial charge < -0.3 is 14.3 Å². The Hall–Kier alpha value is -1.62. The molecule has 2 aromatic heterocycles. The Balaban J connectivity index is 1.96. The Kier molecular flexibility index (Phi) is 2.70. The minimum Gasteiger partial charge on any atom is -0.461 e. The van der Waals surface area contributed by atoms with E-state index in [4.69, 9.17) is 8.94 Å². The predicted molar refractivity (Wildman–Crippen MR) is 65.9 cm³/mol. The van der Waals surface area contributed by atoms with Gasteiger partial charge in [0.05, 0.1) is 11.8 Å². The first kappa shape index (κ1) is 11.5. The summed E-state index contributed by atoms with van der Waals surface area (Å²) < 4.78 is 10.8. The lowest BCUT2D eigenvalue weighted by Crippen LogP contribution is -2.36. The highest BCUT2D eigenvalue weighted by Crippen LogP contribution is 2.34. The molecule has 0 bridgehead atoms. The van der Waals surface area contributed by atoms with Crippen LogP contribution in [0.2, 0.25) is 0 Å². The smallest absolute Gasteiger partial charge is 0.247 e. The molecule has 18 heavy (non-hydrogen) atoms. The van der Waals surface area contributed by atoms with Gasteiger partial charge in [0, 0.05) is 0 Å². The molecule has 1 saturated heterocycles. The van der Waals surface area contributed by atoms with Crippen LogP contribution in [0.5, 0.6) is 0 Å². The van der Waals surface area contributed by atoms with Gasteiger partial charge in [0.2, 0.25) is 11.7 Å². The van der Waals surface area contributed by atoms with E-state index in [1.165, 1.54) is 0 Å². The number of furan rings is 1. The maximum Gasteiger partial charge on any atom is 0.247 e. The molecule has 0 amide bonds. The highest BCUT2D eigenvalue weighted by Gasteiger charge is 2.39. The fourth-order valence-corrected chi connectivity index (χ4v) is 2.55. The van der Waals surface area contributed by atoms with Gasteiger partial charge in [-0.25, -0.2) is 0 Å². The van der Waals surface area contributed by atoms with Crippen LogP contribution in [0.15, 0.2) is 21.3 Å². The van der Waals surface area contributed by atoms with Crippen molar-refractivity contribution in [2.24, 2.45) is 0 Å². The predicted octanol–water partition coefficient (Wildman–Crippen LogP) is 2.63. The first-order chi connectivity index (χ1) is 8.75. The molecule has 5 heteroatoms. The summed E-state index contributed by atoms with van der Waals surface area (Å²) in [6, 6.07) is 1.90. The molecule has 0 saturated carbocycles. The number of rotatable bonds is 3. The van der Waals surface area contributed by atoms with Crippen molar-refractivity contribution < 1.29 is 8.94 Å². The van der Waals surface area contributed by atoms with Crippen molar-refractivity contribution in [1.82, 2.24) is 15.5 Å². The van der Waals surface area contributed by atoms with E-state index in [9.17, 15) is 0 Å². The molecule has 2 aromatic rings. The highest BCUT2D eigenvalue weighted by atomic mass is 16.5. The van der Waals surface area contributed by atoms with Gasteiger partial charge >= 0.3 is 0 Å². The fourth-order valence-electron chi connectivity index (χ4n) is 2.55. The number of aromatic nitrogens is 2.